The van der Waals surface area contributed by atoms with Crippen molar-refractivity contribution in [3.05, 3.63) is 48.5 Å². The SMILES string of the molecule is CCOP(=O)(OCC)Oc1ccccc1-c1ccccc1OP(=O)(OCC)OCC. The topological polar surface area (TPSA) is 89.5 Å². The molecule has 8 nitrogen and oxygen atoms in total. The minimum atomic E-state index is -3.81. The van der Waals surface area contributed by atoms with E-state index in [-0.39, 0.29) is 37.9 Å². The van der Waals surface area contributed by atoms with Crippen LogP contribution in [0.3, 0.4) is 0 Å². The first-order valence-corrected chi connectivity index (χ1v) is 12.7. The number of phosphoric ester groups is 2. The molecule has 0 saturated carbocycles. The Labute approximate surface area is 177 Å². The van der Waals surface area contributed by atoms with Gasteiger partial charge in [-0.05, 0) is 39.8 Å². The van der Waals surface area contributed by atoms with Crippen molar-refractivity contribution in [3.8, 4) is 22.6 Å². The van der Waals surface area contributed by atoms with Crippen molar-refractivity contribution in [2.24, 2.45) is 0 Å². The van der Waals surface area contributed by atoms with Crippen LogP contribution < -0.4 is 9.05 Å². The molecule has 0 bridgehead atoms. The third-order valence-electron chi connectivity index (χ3n) is 3.63. The molecule has 0 spiro atoms. The van der Waals surface area contributed by atoms with Crippen LogP contribution in [0.2, 0.25) is 0 Å². The largest absolute Gasteiger partial charge is 0.530 e. The molecule has 0 fully saturated rings. The van der Waals surface area contributed by atoms with E-state index in [2.05, 4.69) is 0 Å². The fourth-order valence-electron chi connectivity index (χ4n) is 2.59. The second-order valence-electron chi connectivity index (χ2n) is 5.74. The smallest absolute Gasteiger partial charge is 0.403 e. The van der Waals surface area contributed by atoms with Gasteiger partial charge in [0.05, 0.1) is 26.4 Å². The lowest BCUT2D eigenvalue weighted by atomic mass is 10.0. The highest BCUT2D eigenvalue weighted by Gasteiger charge is 2.31. The van der Waals surface area contributed by atoms with Crippen molar-refractivity contribution < 1.29 is 36.3 Å². The summed E-state index contributed by atoms with van der Waals surface area (Å²) in [6, 6.07) is 13.8. The van der Waals surface area contributed by atoms with Crippen molar-refractivity contribution in [2.75, 3.05) is 26.4 Å². The second-order valence-corrected chi connectivity index (χ2v) is 8.93. The predicted molar refractivity (Wildman–Crippen MR) is 115 cm³/mol. The molecule has 0 aromatic heterocycles. The van der Waals surface area contributed by atoms with Gasteiger partial charge in [-0.15, -0.1) is 0 Å². The van der Waals surface area contributed by atoms with Gasteiger partial charge < -0.3 is 9.05 Å². The molecule has 0 aliphatic rings. The normalized spacial score (nSPS) is 12.0. The van der Waals surface area contributed by atoms with Crippen LogP contribution >= 0.6 is 15.6 Å². The number of benzene rings is 2. The Morgan fingerprint density at radius 3 is 1.17 bits per heavy atom. The van der Waals surface area contributed by atoms with E-state index in [4.69, 9.17) is 27.1 Å². The molecule has 0 aliphatic heterocycles. The Bertz CT molecular complexity index is 808. The van der Waals surface area contributed by atoms with Gasteiger partial charge in [-0.1, -0.05) is 36.4 Å². The zero-order valence-corrected chi connectivity index (χ0v) is 19.4. The molecule has 30 heavy (non-hydrogen) atoms. The van der Waals surface area contributed by atoms with Gasteiger partial charge in [-0.25, -0.2) is 9.13 Å². The standard InChI is InChI=1S/C20H28O8P2/c1-5-23-29(21,24-6-2)27-19-15-11-9-13-17(19)18-14-10-12-16-20(18)28-30(22,25-7-3)26-8-4/h9-16H,5-8H2,1-4H3. The van der Waals surface area contributed by atoms with Crippen molar-refractivity contribution >= 4 is 15.6 Å². The van der Waals surface area contributed by atoms with Gasteiger partial charge >= 0.3 is 15.6 Å². The van der Waals surface area contributed by atoms with Gasteiger partial charge in [0.1, 0.15) is 11.5 Å². The average Bonchev–Trinajstić information content (AvgIpc) is 2.69. The lowest BCUT2D eigenvalue weighted by molar-refractivity contribution is 0.166. The molecular weight excluding hydrogens is 430 g/mol. The Morgan fingerprint density at radius 2 is 0.867 bits per heavy atom. The van der Waals surface area contributed by atoms with Gasteiger partial charge in [-0.2, -0.15) is 0 Å². The van der Waals surface area contributed by atoms with Crippen LogP contribution in [0.1, 0.15) is 27.7 Å². The quantitative estimate of drug-likeness (QED) is 0.315. The van der Waals surface area contributed by atoms with E-state index in [1.54, 1.807) is 76.2 Å². The number of hydrogen-bond acceptors (Lipinski definition) is 8. The van der Waals surface area contributed by atoms with Crippen LogP contribution in [-0.2, 0) is 27.2 Å². The lowest BCUT2D eigenvalue weighted by Gasteiger charge is -2.21. The molecule has 0 aliphatic carbocycles. The molecule has 2 aromatic rings. The van der Waals surface area contributed by atoms with E-state index < -0.39 is 15.6 Å². The summed E-state index contributed by atoms with van der Waals surface area (Å²) in [4.78, 5) is 0. The van der Waals surface area contributed by atoms with Crippen LogP contribution in [0, 0.1) is 0 Å². The minimum Gasteiger partial charge on any atom is -0.403 e. The highest BCUT2D eigenvalue weighted by molar-refractivity contribution is 7.49. The van der Waals surface area contributed by atoms with Gasteiger partial charge in [0.2, 0.25) is 0 Å². The Kier molecular flexibility index (Phi) is 9.56. The summed E-state index contributed by atoms with van der Waals surface area (Å²) in [6.45, 7) is 7.42. The third-order valence-corrected chi connectivity index (χ3v) is 6.77. The van der Waals surface area contributed by atoms with E-state index in [0.29, 0.717) is 11.1 Å². The number of para-hydroxylation sites is 2. The molecular formula is C20H28O8P2. The van der Waals surface area contributed by atoms with Crippen LogP contribution in [0.5, 0.6) is 11.5 Å². The zero-order valence-electron chi connectivity index (χ0n) is 17.6. The molecule has 0 N–H and O–H groups in total. The van der Waals surface area contributed by atoms with Gasteiger partial charge in [0.15, 0.2) is 0 Å². The lowest BCUT2D eigenvalue weighted by Crippen LogP contribution is -2.04. The van der Waals surface area contributed by atoms with E-state index in [0.717, 1.165) is 0 Å². The molecule has 0 heterocycles. The summed E-state index contributed by atoms with van der Waals surface area (Å²) in [5.41, 5.74) is 1.10. The first-order chi connectivity index (χ1) is 14.4. The molecule has 0 radical (unpaired) electrons. The molecule has 166 valence electrons. The van der Waals surface area contributed by atoms with Gasteiger partial charge in [0.25, 0.3) is 0 Å². The monoisotopic (exact) mass is 458 g/mol. The maximum atomic E-state index is 12.9. The summed E-state index contributed by atoms with van der Waals surface area (Å²) in [5.74, 6) is 0.530. The maximum Gasteiger partial charge on any atom is 0.530 e. The average molecular weight is 458 g/mol. The van der Waals surface area contributed by atoms with E-state index in [1.807, 2.05) is 0 Å². The Balaban J connectivity index is 2.47. The Morgan fingerprint density at radius 1 is 0.567 bits per heavy atom. The molecule has 0 atom stereocenters. The molecule has 0 saturated heterocycles. The van der Waals surface area contributed by atoms with Crippen molar-refractivity contribution in [2.45, 2.75) is 27.7 Å². The van der Waals surface area contributed by atoms with Crippen LogP contribution in [-0.4, -0.2) is 26.4 Å². The number of hydrogen-bond donors (Lipinski definition) is 0. The zero-order chi connectivity index (χ0) is 22.0. The van der Waals surface area contributed by atoms with E-state index in [9.17, 15) is 9.13 Å². The van der Waals surface area contributed by atoms with Crippen LogP contribution in [0.25, 0.3) is 11.1 Å². The first kappa shape index (κ1) is 24.6. The van der Waals surface area contributed by atoms with Crippen molar-refractivity contribution in [1.29, 1.82) is 0 Å². The summed E-state index contributed by atoms with van der Waals surface area (Å²) in [7, 11) is -7.62. The third kappa shape index (κ3) is 6.67. The fourth-order valence-corrected chi connectivity index (χ4v) is 5.02. The summed E-state index contributed by atoms with van der Waals surface area (Å²) >= 11 is 0. The van der Waals surface area contributed by atoms with Gasteiger partial charge in [-0.3, -0.25) is 18.1 Å². The first-order valence-electron chi connectivity index (χ1n) is 9.76. The molecule has 2 aromatic carbocycles. The minimum absolute atomic E-state index is 0.158. The number of rotatable bonds is 13. The highest BCUT2D eigenvalue weighted by atomic mass is 31.2. The van der Waals surface area contributed by atoms with Crippen LogP contribution in [0.15, 0.2) is 48.5 Å². The molecule has 0 amide bonds. The van der Waals surface area contributed by atoms with Crippen molar-refractivity contribution in [3.63, 3.8) is 0 Å². The summed E-state index contributed by atoms with van der Waals surface area (Å²) in [6.07, 6.45) is 0. The maximum absolute atomic E-state index is 12.9. The van der Waals surface area contributed by atoms with E-state index >= 15 is 0 Å². The summed E-state index contributed by atoms with van der Waals surface area (Å²) < 4.78 is 58.0. The Hall–Kier alpha value is -1.66. The molecule has 0 unspecified atom stereocenters. The van der Waals surface area contributed by atoms with Crippen molar-refractivity contribution in [1.82, 2.24) is 0 Å². The molecule has 2 rings (SSSR count). The van der Waals surface area contributed by atoms with Crippen LogP contribution in [0.4, 0.5) is 0 Å². The van der Waals surface area contributed by atoms with E-state index in [1.165, 1.54) is 0 Å². The van der Waals surface area contributed by atoms with Gasteiger partial charge in [0, 0.05) is 11.1 Å². The highest BCUT2D eigenvalue weighted by Crippen LogP contribution is 2.54. The second kappa shape index (κ2) is 11.7. The summed E-state index contributed by atoms with van der Waals surface area (Å²) in [5, 5.41) is 0. The number of phosphoric acid groups is 2. The predicted octanol–water partition coefficient (Wildman–Crippen LogP) is 6.47. The molecule has 10 heteroatoms. The fraction of sp³-hybridized carbons (Fsp3) is 0.400.